The first-order chi connectivity index (χ1) is 9.18. The summed E-state index contributed by atoms with van der Waals surface area (Å²) in [5.41, 5.74) is 7.86. The summed E-state index contributed by atoms with van der Waals surface area (Å²) in [6.45, 7) is 2.46. The van der Waals surface area contributed by atoms with E-state index >= 15 is 0 Å². The summed E-state index contributed by atoms with van der Waals surface area (Å²) < 4.78 is 0. The van der Waals surface area contributed by atoms with Crippen LogP contribution in [0.5, 0.6) is 0 Å². The van der Waals surface area contributed by atoms with Crippen molar-refractivity contribution in [3.8, 4) is 0 Å². The maximum atomic E-state index is 12.0. The fourth-order valence-corrected chi connectivity index (χ4v) is 1.78. The van der Waals surface area contributed by atoms with Crippen LogP contribution in [-0.4, -0.2) is 27.6 Å². The molecule has 6 nitrogen and oxygen atoms in total. The summed E-state index contributed by atoms with van der Waals surface area (Å²) in [6.07, 6.45) is 3.03. The van der Waals surface area contributed by atoms with Gasteiger partial charge in [0.1, 0.15) is 12.2 Å². The minimum atomic E-state index is -0.140. The fourth-order valence-electron chi connectivity index (χ4n) is 1.78. The van der Waals surface area contributed by atoms with Crippen molar-refractivity contribution in [2.24, 2.45) is 0 Å². The quantitative estimate of drug-likeness (QED) is 0.552. The van der Waals surface area contributed by atoms with Crippen molar-refractivity contribution < 1.29 is 4.79 Å². The molecule has 0 aliphatic carbocycles. The van der Waals surface area contributed by atoms with Gasteiger partial charge in [0.2, 0.25) is 0 Å². The number of nitrogens with zero attached hydrogens (tertiary/aromatic N) is 2. The van der Waals surface area contributed by atoms with Gasteiger partial charge < -0.3 is 11.1 Å². The van der Waals surface area contributed by atoms with Gasteiger partial charge in [0.15, 0.2) is 0 Å². The Labute approximate surface area is 111 Å². The Balaban J connectivity index is 1.83. The van der Waals surface area contributed by atoms with Gasteiger partial charge in [0.25, 0.3) is 5.91 Å². The highest BCUT2D eigenvalue weighted by atomic mass is 16.1. The van der Waals surface area contributed by atoms with E-state index in [9.17, 15) is 4.79 Å². The van der Waals surface area contributed by atoms with E-state index in [4.69, 9.17) is 5.73 Å². The second kappa shape index (κ2) is 5.99. The molecule has 4 N–H and O–H groups in total. The number of benzene rings is 1. The van der Waals surface area contributed by atoms with E-state index < -0.39 is 0 Å². The number of aromatic amines is 1. The summed E-state index contributed by atoms with van der Waals surface area (Å²) in [4.78, 5) is 16.0. The number of aromatic nitrogens is 3. The molecule has 6 heteroatoms. The normalized spacial score (nSPS) is 10.4. The van der Waals surface area contributed by atoms with Crippen LogP contribution >= 0.6 is 0 Å². The maximum absolute atomic E-state index is 12.0. The molecule has 0 unspecified atom stereocenters. The van der Waals surface area contributed by atoms with Crippen LogP contribution in [0.1, 0.15) is 28.2 Å². The molecule has 0 bridgehead atoms. The third kappa shape index (κ3) is 3.31. The lowest BCUT2D eigenvalue weighted by Gasteiger charge is -2.08. The van der Waals surface area contributed by atoms with Crippen LogP contribution in [0, 0.1) is 6.92 Å². The average molecular weight is 259 g/mol. The van der Waals surface area contributed by atoms with E-state index in [1.54, 1.807) is 6.07 Å². The van der Waals surface area contributed by atoms with Gasteiger partial charge in [-0.15, -0.1) is 0 Å². The zero-order valence-electron chi connectivity index (χ0n) is 10.8. The van der Waals surface area contributed by atoms with Gasteiger partial charge in [0.05, 0.1) is 5.56 Å². The lowest BCUT2D eigenvalue weighted by Crippen LogP contribution is -2.25. The summed E-state index contributed by atoms with van der Waals surface area (Å²) >= 11 is 0. The lowest BCUT2D eigenvalue weighted by molar-refractivity contribution is 0.0954. The van der Waals surface area contributed by atoms with E-state index in [0.717, 1.165) is 24.2 Å². The Bertz CT molecular complexity index is 550. The van der Waals surface area contributed by atoms with Crippen LogP contribution in [0.3, 0.4) is 0 Å². The third-order valence-corrected chi connectivity index (χ3v) is 2.91. The van der Waals surface area contributed by atoms with Crippen LogP contribution in [0.25, 0.3) is 0 Å². The van der Waals surface area contributed by atoms with Gasteiger partial charge in [-0.3, -0.25) is 9.89 Å². The molecule has 0 saturated heterocycles. The highest BCUT2D eigenvalue weighted by Crippen LogP contribution is 2.15. The molecular weight excluding hydrogens is 242 g/mol. The predicted octanol–water partition coefficient (Wildman–Crippen LogP) is 1.06. The number of H-pyrrole nitrogens is 1. The molecule has 0 saturated carbocycles. The SMILES string of the molecule is Cc1cccc(C(=O)NCCCc2ncn[nH]2)c1N. The number of amides is 1. The summed E-state index contributed by atoms with van der Waals surface area (Å²) in [5, 5.41) is 9.39. The largest absolute Gasteiger partial charge is 0.398 e. The molecule has 1 amide bonds. The van der Waals surface area contributed by atoms with Crippen LogP contribution in [-0.2, 0) is 6.42 Å². The Hall–Kier alpha value is -2.37. The summed E-state index contributed by atoms with van der Waals surface area (Å²) in [6, 6.07) is 5.44. The molecule has 2 rings (SSSR count). The van der Waals surface area contributed by atoms with Gasteiger partial charge in [-0.2, -0.15) is 5.10 Å². The van der Waals surface area contributed by atoms with E-state index in [1.807, 2.05) is 19.1 Å². The van der Waals surface area contributed by atoms with E-state index in [-0.39, 0.29) is 5.91 Å². The zero-order valence-corrected chi connectivity index (χ0v) is 10.8. The number of aryl methyl sites for hydroxylation is 2. The van der Waals surface area contributed by atoms with Crippen molar-refractivity contribution in [1.82, 2.24) is 20.5 Å². The summed E-state index contributed by atoms with van der Waals surface area (Å²) in [5.74, 6) is 0.683. The van der Waals surface area contributed by atoms with Gasteiger partial charge in [-0.1, -0.05) is 12.1 Å². The molecule has 19 heavy (non-hydrogen) atoms. The highest BCUT2D eigenvalue weighted by Gasteiger charge is 2.09. The number of carbonyl (C=O) groups is 1. The monoisotopic (exact) mass is 259 g/mol. The Morgan fingerprint density at radius 3 is 3.05 bits per heavy atom. The first kappa shape index (κ1) is 13.1. The van der Waals surface area contributed by atoms with Crippen molar-refractivity contribution in [3.63, 3.8) is 0 Å². The van der Waals surface area contributed by atoms with E-state index in [0.29, 0.717) is 17.8 Å². The van der Waals surface area contributed by atoms with Crippen LogP contribution in [0.2, 0.25) is 0 Å². The predicted molar refractivity (Wildman–Crippen MR) is 72.6 cm³/mol. The zero-order chi connectivity index (χ0) is 13.7. The molecule has 0 fully saturated rings. The molecule has 0 spiro atoms. The molecule has 1 aromatic heterocycles. The molecular formula is C13H17N5O. The highest BCUT2D eigenvalue weighted by molar-refractivity contribution is 5.99. The summed E-state index contributed by atoms with van der Waals surface area (Å²) in [7, 11) is 0. The van der Waals surface area contributed by atoms with Crippen LogP contribution in [0.15, 0.2) is 24.5 Å². The van der Waals surface area contributed by atoms with Crippen molar-refractivity contribution in [1.29, 1.82) is 0 Å². The number of anilines is 1. The minimum Gasteiger partial charge on any atom is -0.398 e. The molecule has 1 aromatic carbocycles. The minimum absolute atomic E-state index is 0.140. The number of carbonyl (C=O) groups excluding carboxylic acids is 1. The molecule has 2 aromatic rings. The fraction of sp³-hybridized carbons (Fsp3) is 0.308. The third-order valence-electron chi connectivity index (χ3n) is 2.91. The number of nitrogens with two attached hydrogens (primary N) is 1. The molecule has 0 aliphatic heterocycles. The van der Waals surface area contributed by atoms with Crippen molar-refractivity contribution in [3.05, 3.63) is 41.5 Å². The first-order valence-corrected chi connectivity index (χ1v) is 6.16. The Morgan fingerprint density at radius 2 is 2.32 bits per heavy atom. The van der Waals surface area contributed by atoms with Gasteiger partial charge in [0, 0.05) is 18.7 Å². The standard InChI is InChI=1S/C13H17N5O/c1-9-4-2-5-10(12(9)14)13(19)15-7-3-6-11-16-8-17-18-11/h2,4-5,8H,3,6-7,14H2,1H3,(H,15,19)(H,16,17,18). The topological polar surface area (TPSA) is 96.7 Å². The van der Waals surface area contributed by atoms with Gasteiger partial charge in [-0.25, -0.2) is 4.98 Å². The second-order valence-corrected chi connectivity index (χ2v) is 4.33. The maximum Gasteiger partial charge on any atom is 0.253 e. The lowest BCUT2D eigenvalue weighted by atomic mass is 10.1. The second-order valence-electron chi connectivity index (χ2n) is 4.33. The number of nitrogen functional groups attached to an aromatic ring is 1. The van der Waals surface area contributed by atoms with E-state index in [1.165, 1.54) is 6.33 Å². The molecule has 100 valence electrons. The van der Waals surface area contributed by atoms with Crippen molar-refractivity contribution in [2.75, 3.05) is 12.3 Å². The number of para-hydroxylation sites is 1. The molecule has 0 aliphatic rings. The number of hydrogen-bond acceptors (Lipinski definition) is 4. The molecule has 0 radical (unpaired) electrons. The molecule has 0 atom stereocenters. The molecule has 1 heterocycles. The smallest absolute Gasteiger partial charge is 0.253 e. The van der Waals surface area contributed by atoms with Crippen LogP contribution in [0.4, 0.5) is 5.69 Å². The number of hydrogen-bond donors (Lipinski definition) is 3. The van der Waals surface area contributed by atoms with Gasteiger partial charge >= 0.3 is 0 Å². The Morgan fingerprint density at radius 1 is 1.47 bits per heavy atom. The Kier molecular flexibility index (Phi) is 4.12. The van der Waals surface area contributed by atoms with Crippen molar-refractivity contribution in [2.45, 2.75) is 19.8 Å². The number of nitrogens with one attached hydrogen (secondary N) is 2. The van der Waals surface area contributed by atoms with E-state index in [2.05, 4.69) is 20.5 Å². The van der Waals surface area contributed by atoms with Crippen LogP contribution < -0.4 is 11.1 Å². The average Bonchev–Trinajstić information content (AvgIpc) is 2.91. The van der Waals surface area contributed by atoms with Crippen molar-refractivity contribution >= 4 is 11.6 Å². The van der Waals surface area contributed by atoms with Gasteiger partial charge in [-0.05, 0) is 25.0 Å². The first-order valence-electron chi connectivity index (χ1n) is 6.16. The number of rotatable bonds is 5.